The van der Waals surface area contributed by atoms with Gasteiger partial charge in [0.15, 0.2) is 14.1 Å². The van der Waals surface area contributed by atoms with Crippen molar-refractivity contribution in [2.45, 2.75) is 103 Å². The van der Waals surface area contributed by atoms with Crippen LogP contribution >= 0.6 is 0 Å². The molecule has 1 fully saturated rings. The average molecular weight is 525 g/mol. The molecule has 37 heavy (non-hydrogen) atoms. The summed E-state index contributed by atoms with van der Waals surface area (Å²) in [6.45, 7) is 10.5. The molecule has 1 aromatic carbocycles. The van der Waals surface area contributed by atoms with Crippen LogP contribution in [0.15, 0.2) is 30.4 Å². The van der Waals surface area contributed by atoms with Crippen LogP contribution in [0.25, 0.3) is 0 Å². The van der Waals surface area contributed by atoms with Gasteiger partial charge in [-0.2, -0.15) is 0 Å². The molecule has 0 amide bonds. The predicted molar refractivity (Wildman–Crippen MR) is 150 cm³/mol. The summed E-state index contributed by atoms with van der Waals surface area (Å²) in [6, 6.07) is 9.63. The second-order valence-corrected chi connectivity index (χ2v) is 15.2. The fourth-order valence-corrected chi connectivity index (χ4v) is 8.74. The van der Waals surface area contributed by atoms with E-state index in [0.717, 1.165) is 48.7 Å². The van der Waals surface area contributed by atoms with E-state index in [2.05, 4.69) is 56.9 Å². The maximum atomic E-state index is 12.9. The minimum Gasteiger partial charge on any atom is -0.489 e. The SMILES string of the molecule is CC#CCC(C)C(=O)/C=C/[C@@H]1[C@H]2c3cccc(CCCC(=O)OC)c3O[C@H]2C[C@H]1O[Si](CC)(CC)CC. The maximum Gasteiger partial charge on any atom is 0.305 e. The number of benzene rings is 1. The first-order chi connectivity index (χ1) is 17.8. The Kier molecular flexibility index (Phi) is 10.6. The Bertz CT molecular complexity index is 1020. The quantitative estimate of drug-likeness (QED) is 0.126. The van der Waals surface area contributed by atoms with Crippen LogP contribution in [0.1, 0.15) is 77.3 Å². The second-order valence-electron chi connectivity index (χ2n) is 10.5. The molecule has 0 N–H and O–H groups in total. The van der Waals surface area contributed by atoms with Gasteiger partial charge in [-0.15, -0.1) is 11.8 Å². The number of ether oxygens (including phenoxy) is 2. The van der Waals surface area contributed by atoms with E-state index in [4.69, 9.17) is 13.9 Å². The number of hydrogen-bond donors (Lipinski definition) is 0. The maximum absolute atomic E-state index is 12.9. The number of carbonyl (C=O) groups is 2. The average Bonchev–Trinajstić information content (AvgIpc) is 3.44. The molecule has 0 aromatic heterocycles. The summed E-state index contributed by atoms with van der Waals surface area (Å²) in [6.07, 6.45) is 7.26. The Morgan fingerprint density at radius 1 is 1.22 bits per heavy atom. The minimum atomic E-state index is -1.84. The summed E-state index contributed by atoms with van der Waals surface area (Å²) in [4.78, 5) is 24.5. The van der Waals surface area contributed by atoms with Gasteiger partial charge in [-0.3, -0.25) is 9.59 Å². The first-order valence-electron chi connectivity index (χ1n) is 14.0. The predicted octanol–water partition coefficient (Wildman–Crippen LogP) is 6.61. The molecule has 1 aliphatic heterocycles. The highest BCUT2D eigenvalue weighted by molar-refractivity contribution is 6.73. The van der Waals surface area contributed by atoms with Crippen molar-refractivity contribution in [1.29, 1.82) is 0 Å². The summed E-state index contributed by atoms with van der Waals surface area (Å²) >= 11 is 0. The molecule has 6 heteroatoms. The number of allylic oxidation sites excluding steroid dienone is 1. The van der Waals surface area contributed by atoms with Gasteiger partial charge in [0.05, 0.1) is 13.2 Å². The third-order valence-corrected chi connectivity index (χ3v) is 13.1. The van der Waals surface area contributed by atoms with Gasteiger partial charge in [0.2, 0.25) is 0 Å². The van der Waals surface area contributed by atoms with Gasteiger partial charge < -0.3 is 13.9 Å². The minimum absolute atomic E-state index is 0.0344. The van der Waals surface area contributed by atoms with Gasteiger partial charge in [-0.05, 0) is 49.5 Å². The Labute approximate surface area is 224 Å². The van der Waals surface area contributed by atoms with Crippen LogP contribution in [0.4, 0.5) is 0 Å². The van der Waals surface area contributed by atoms with E-state index < -0.39 is 8.32 Å². The zero-order valence-electron chi connectivity index (χ0n) is 23.5. The molecule has 0 radical (unpaired) electrons. The van der Waals surface area contributed by atoms with Crippen molar-refractivity contribution in [2.24, 2.45) is 11.8 Å². The van der Waals surface area contributed by atoms with E-state index in [1.54, 1.807) is 13.0 Å². The van der Waals surface area contributed by atoms with Crippen LogP contribution in [0.5, 0.6) is 5.75 Å². The van der Waals surface area contributed by atoms with Crippen molar-refractivity contribution in [2.75, 3.05) is 7.11 Å². The van der Waals surface area contributed by atoms with Crippen LogP contribution < -0.4 is 4.74 Å². The summed E-state index contributed by atoms with van der Waals surface area (Å²) in [5.41, 5.74) is 2.34. The number of carbonyl (C=O) groups excluding carboxylic acids is 2. The fourth-order valence-electron chi connectivity index (χ4n) is 5.84. The van der Waals surface area contributed by atoms with E-state index in [-0.39, 0.29) is 41.7 Å². The van der Waals surface area contributed by atoms with Crippen LogP contribution in [0.3, 0.4) is 0 Å². The summed E-state index contributed by atoms with van der Waals surface area (Å²) in [5, 5.41) is 0. The third-order valence-electron chi connectivity index (χ3n) is 8.41. The molecule has 3 rings (SSSR count). The number of rotatable bonds is 13. The summed E-state index contributed by atoms with van der Waals surface area (Å²) in [5.74, 6) is 6.93. The molecule has 2 aliphatic rings. The molecule has 1 saturated carbocycles. The highest BCUT2D eigenvalue weighted by atomic mass is 28.4. The van der Waals surface area contributed by atoms with Crippen molar-refractivity contribution in [3.05, 3.63) is 41.5 Å². The normalized spacial score (nSPS) is 23.1. The summed E-state index contributed by atoms with van der Waals surface area (Å²) < 4.78 is 18.4. The number of hydrogen-bond acceptors (Lipinski definition) is 5. The molecule has 1 heterocycles. The van der Waals surface area contributed by atoms with Crippen LogP contribution in [0, 0.1) is 23.7 Å². The zero-order valence-corrected chi connectivity index (χ0v) is 24.5. The van der Waals surface area contributed by atoms with Gasteiger partial charge in [0, 0.05) is 42.6 Å². The molecular weight excluding hydrogens is 480 g/mol. The van der Waals surface area contributed by atoms with E-state index >= 15 is 0 Å². The fraction of sp³-hybridized carbons (Fsp3) is 0.613. The molecule has 1 unspecified atom stereocenters. The van der Waals surface area contributed by atoms with Gasteiger partial charge in [-0.1, -0.05) is 52.0 Å². The monoisotopic (exact) mass is 524 g/mol. The lowest BCUT2D eigenvalue weighted by molar-refractivity contribution is -0.140. The first-order valence-corrected chi connectivity index (χ1v) is 16.5. The number of para-hydroxylation sites is 1. The number of aryl methyl sites for hydroxylation is 1. The number of ketones is 1. The Hall–Kier alpha value is -2.36. The van der Waals surface area contributed by atoms with Crippen LogP contribution in [0.2, 0.25) is 18.1 Å². The van der Waals surface area contributed by atoms with Crippen molar-refractivity contribution < 1.29 is 23.5 Å². The van der Waals surface area contributed by atoms with Gasteiger partial charge in [0.1, 0.15) is 11.9 Å². The summed E-state index contributed by atoms with van der Waals surface area (Å²) in [7, 11) is -0.413. The second kappa shape index (κ2) is 13.4. The Morgan fingerprint density at radius 2 is 1.95 bits per heavy atom. The Balaban J connectivity index is 1.89. The topological polar surface area (TPSA) is 61.8 Å². The van der Waals surface area contributed by atoms with E-state index in [0.29, 0.717) is 12.8 Å². The van der Waals surface area contributed by atoms with Crippen molar-refractivity contribution in [1.82, 2.24) is 0 Å². The van der Waals surface area contributed by atoms with E-state index in [1.807, 2.05) is 6.92 Å². The van der Waals surface area contributed by atoms with Crippen molar-refractivity contribution in [3.8, 4) is 17.6 Å². The number of methoxy groups -OCH3 is 1. The van der Waals surface area contributed by atoms with E-state index in [1.165, 1.54) is 12.7 Å². The number of esters is 1. The highest BCUT2D eigenvalue weighted by Gasteiger charge is 2.51. The molecule has 0 bridgehead atoms. The van der Waals surface area contributed by atoms with Gasteiger partial charge in [0.25, 0.3) is 0 Å². The first kappa shape index (κ1) is 29.2. The molecular formula is C31H44O5Si. The number of fused-ring (bicyclic) bond motifs is 3. The zero-order chi connectivity index (χ0) is 27.0. The Morgan fingerprint density at radius 3 is 2.59 bits per heavy atom. The standard InChI is InChI=1S/C31H44O5Si/c1-7-11-14-22(5)26(32)20-19-24-27(36-37(8-2,9-3)10-4)21-28-30(24)25-17-12-15-23(31(25)35-28)16-13-18-29(33)34-6/h12,15,17,19-20,22,24,27-28,30H,8-10,13-14,16,18,21H2,1-6H3/b20-19+/t22?,24-,27+,28-,30-/m0/s1. The molecule has 5 nitrogen and oxygen atoms in total. The lowest BCUT2D eigenvalue weighted by atomic mass is 9.86. The highest BCUT2D eigenvalue weighted by Crippen LogP contribution is 2.53. The lowest BCUT2D eigenvalue weighted by Crippen LogP contribution is -2.41. The van der Waals surface area contributed by atoms with Crippen LogP contribution in [-0.2, 0) is 25.2 Å². The van der Waals surface area contributed by atoms with Gasteiger partial charge >= 0.3 is 5.97 Å². The third kappa shape index (κ3) is 6.75. The molecule has 5 atom stereocenters. The van der Waals surface area contributed by atoms with E-state index in [9.17, 15) is 9.59 Å². The molecule has 202 valence electrons. The van der Waals surface area contributed by atoms with Crippen LogP contribution in [-0.4, -0.2) is 39.4 Å². The molecule has 1 aliphatic carbocycles. The lowest BCUT2D eigenvalue weighted by Gasteiger charge is -2.34. The molecule has 0 saturated heterocycles. The molecule has 0 spiro atoms. The largest absolute Gasteiger partial charge is 0.489 e. The van der Waals surface area contributed by atoms with Gasteiger partial charge in [-0.25, -0.2) is 0 Å². The molecule has 1 aromatic rings. The van der Waals surface area contributed by atoms with Crippen molar-refractivity contribution >= 4 is 20.1 Å². The van der Waals surface area contributed by atoms with Crippen molar-refractivity contribution in [3.63, 3.8) is 0 Å². The smallest absolute Gasteiger partial charge is 0.305 e.